The molecule has 2 rings (SSSR count). The van der Waals surface area contributed by atoms with Gasteiger partial charge in [0.05, 0.1) is 12.3 Å². The van der Waals surface area contributed by atoms with Gasteiger partial charge in [0, 0.05) is 0 Å². The lowest BCUT2D eigenvalue weighted by molar-refractivity contribution is 0.487. The van der Waals surface area contributed by atoms with E-state index in [4.69, 9.17) is 4.42 Å². The lowest BCUT2D eigenvalue weighted by atomic mass is 10.2. The van der Waals surface area contributed by atoms with E-state index in [1.165, 1.54) is 24.5 Å². The Balaban J connectivity index is 2.21. The molecule has 0 amide bonds. The molecule has 0 spiro atoms. The van der Waals surface area contributed by atoms with Gasteiger partial charge in [0.25, 0.3) is 0 Å². The van der Waals surface area contributed by atoms with Gasteiger partial charge in [0.1, 0.15) is 23.1 Å². The van der Waals surface area contributed by atoms with Crippen molar-refractivity contribution >= 4 is 5.69 Å². The number of hydrogen-bond acceptors (Lipinski definition) is 2. The van der Waals surface area contributed by atoms with Crippen LogP contribution in [-0.4, -0.2) is 0 Å². The van der Waals surface area contributed by atoms with Crippen LogP contribution in [0.2, 0.25) is 0 Å². The molecule has 2 aromatic rings. The Morgan fingerprint density at radius 2 is 1.81 bits per heavy atom. The average Bonchev–Trinajstić information content (AvgIpc) is 2.76. The quantitative estimate of drug-likeness (QED) is 0.857. The maximum absolute atomic E-state index is 13.3. The summed E-state index contributed by atoms with van der Waals surface area (Å²) in [6.45, 7) is 1.77. The van der Waals surface area contributed by atoms with E-state index in [0.29, 0.717) is 5.76 Å². The van der Waals surface area contributed by atoms with Crippen molar-refractivity contribution in [1.29, 1.82) is 0 Å². The Bertz CT molecular complexity index is 448. The van der Waals surface area contributed by atoms with Crippen LogP contribution in [0.3, 0.4) is 0 Å². The predicted octanol–water partition coefficient (Wildman–Crippen LogP) is 3.73. The highest BCUT2D eigenvalue weighted by Crippen LogP contribution is 2.24. The molecule has 1 aromatic heterocycles. The van der Waals surface area contributed by atoms with Crippen molar-refractivity contribution in [1.82, 2.24) is 0 Å². The zero-order chi connectivity index (χ0) is 11.5. The number of benzene rings is 1. The van der Waals surface area contributed by atoms with Crippen LogP contribution in [0.4, 0.5) is 14.5 Å². The molecule has 0 radical (unpaired) electrons. The lowest BCUT2D eigenvalue weighted by Crippen LogP contribution is -2.08. The zero-order valence-corrected chi connectivity index (χ0v) is 8.71. The second-order valence-corrected chi connectivity index (χ2v) is 3.48. The van der Waals surface area contributed by atoms with Gasteiger partial charge in [-0.2, -0.15) is 0 Å². The summed E-state index contributed by atoms with van der Waals surface area (Å²) in [6.07, 6.45) is 1.52. The molecule has 0 aliphatic rings. The number of hydrogen-bond donors (Lipinski definition) is 1. The predicted molar refractivity (Wildman–Crippen MR) is 57.1 cm³/mol. The maximum Gasteiger partial charge on any atom is 0.149 e. The number of nitrogens with one attached hydrogen (secondary N) is 1. The third kappa shape index (κ3) is 2.05. The van der Waals surface area contributed by atoms with Crippen molar-refractivity contribution in [2.45, 2.75) is 13.0 Å². The molecular formula is C12H11F2NO. The second kappa shape index (κ2) is 4.35. The highest BCUT2D eigenvalue weighted by molar-refractivity contribution is 5.47. The Morgan fingerprint density at radius 3 is 2.38 bits per heavy atom. The SMILES string of the molecule is CC(Nc1c(F)cccc1F)c1ccco1. The monoisotopic (exact) mass is 223 g/mol. The topological polar surface area (TPSA) is 25.2 Å². The van der Waals surface area contributed by atoms with Crippen LogP contribution in [0.5, 0.6) is 0 Å². The van der Waals surface area contributed by atoms with Crippen LogP contribution in [0, 0.1) is 11.6 Å². The lowest BCUT2D eigenvalue weighted by Gasteiger charge is -2.14. The van der Waals surface area contributed by atoms with E-state index in [9.17, 15) is 8.78 Å². The van der Waals surface area contributed by atoms with Crippen LogP contribution in [0.15, 0.2) is 41.0 Å². The van der Waals surface area contributed by atoms with E-state index in [1.54, 1.807) is 19.1 Å². The van der Waals surface area contributed by atoms with E-state index >= 15 is 0 Å². The molecule has 84 valence electrons. The van der Waals surface area contributed by atoms with Crippen molar-refractivity contribution in [2.24, 2.45) is 0 Å². The molecule has 1 aromatic carbocycles. The van der Waals surface area contributed by atoms with Gasteiger partial charge in [-0.05, 0) is 31.2 Å². The summed E-state index contributed by atoms with van der Waals surface area (Å²) in [7, 11) is 0. The van der Waals surface area contributed by atoms with Gasteiger partial charge < -0.3 is 9.73 Å². The fraction of sp³-hybridized carbons (Fsp3) is 0.167. The van der Waals surface area contributed by atoms with Gasteiger partial charge in [0.2, 0.25) is 0 Å². The molecule has 0 saturated heterocycles. The normalized spacial score (nSPS) is 12.4. The molecule has 0 saturated carbocycles. The molecule has 1 atom stereocenters. The highest BCUT2D eigenvalue weighted by atomic mass is 19.1. The summed E-state index contributed by atoms with van der Waals surface area (Å²) in [6, 6.07) is 6.93. The van der Waals surface area contributed by atoms with Gasteiger partial charge in [-0.3, -0.25) is 0 Å². The highest BCUT2D eigenvalue weighted by Gasteiger charge is 2.13. The Morgan fingerprint density at radius 1 is 1.12 bits per heavy atom. The summed E-state index contributed by atoms with van der Waals surface area (Å²) < 4.78 is 31.8. The Hall–Kier alpha value is -1.84. The molecule has 1 heterocycles. The molecule has 0 aliphatic carbocycles. The largest absolute Gasteiger partial charge is 0.467 e. The number of halogens is 2. The van der Waals surface area contributed by atoms with Crippen LogP contribution >= 0.6 is 0 Å². The fourth-order valence-electron chi connectivity index (χ4n) is 1.46. The van der Waals surface area contributed by atoms with Crippen molar-refractivity contribution in [2.75, 3.05) is 5.32 Å². The van der Waals surface area contributed by atoms with Crippen LogP contribution in [0.25, 0.3) is 0 Å². The van der Waals surface area contributed by atoms with E-state index in [0.717, 1.165) is 0 Å². The number of anilines is 1. The minimum Gasteiger partial charge on any atom is -0.467 e. The number of para-hydroxylation sites is 1. The number of furan rings is 1. The average molecular weight is 223 g/mol. The van der Waals surface area contributed by atoms with Gasteiger partial charge in [-0.25, -0.2) is 8.78 Å². The number of rotatable bonds is 3. The fourth-order valence-corrected chi connectivity index (χ4v) is 1.46. The minimum absolute atomic E-state index is 0.133. The summed E-state index contributed by atoms with van der Waals surface area (Å²) in [5.74, 6) is -0.598. The first-order chi connectivity index (χ1) is 7.68. The molecule has 0 aliphatic heterocycles. The maximum atomic E-state index is 13.3. The molecule has 2 nitrogen and oxygen atoms in total. The standard InChI is InChI=1S/C12H11F2NO/c1-8(11-6-3-7-16-11)15-12-9(13)4-2-5-10(12)14/h2-8,15H,1H3. The Labute approximate surface area is 91.9 Å². The van der Waals surface area contributed by atoms with E-state index in [2.05, 4.69) is 5.32 Å². The molecule has 0 fully saturated rings. The molecule has 1 N–H and O–H groups in total. The first-order valence-electron chi connectivity index (χ1n) is 4.92. The first-order valence-corrected chi connectivity index (χ1v) is 4.92. The molecular weight excluding hydrogens is 212 g/mol. The summed E-state index contributed by atoms with van der Waals surface area (Å²) in [4.78, 5) is 0. The van der Waals surface area contributed by atoms with Crippen molar-refractivity contribution < 1.29 is 13.2 Å². The minimum atomic E-state index is -0.613. The first kappa shape index (κ1) is 10.7. The van der Waals surface area contributed by atoms with E-state index in [-0.39, 0.29) is 11.7 Å². The van der Waals surface area contributed by atoms with Crippen molar-refractivity contribution in [3.8, 4) is 0 Å². The third-order valence-electron chi connectivity index (χ3n) is 2.29. The van der Waals surface area contributed by atoms with Crippen LogP contribution < -0.4 is 5.32 Å². The molecule has 4 heteroatoms. The van der Waals surface area contributed by atoms with Crippen molar-refractivity contribution in [3.05, 3.63) is 54.0 Å². The molecule has 0 bridgehead atoms. The van der Waals surface area contributed by atoms with Crippen LogP contribution in [-0.2, 0) is 0 Å². The summed E-state index contributed by atoms with van der Waals surface area (Å²) >= 11 is 0. The third-order valence-corrected chi connectivity index (χ3v) is 2.29. The summed E-state index contributed by atoms with van der Waals surface area (Å²) in [5, 5.41) is 2.74. The van der Waals surface area contributed by atoms with Gasteiger partial charge in [-0.15, -0.1) is 0 Å². The second-order valence-electron chi connectivity index (χ2n) is 3.48. The van der Waals surface area contributed by atoms with Gasteiger partial charge >= 0.3 is 0 Å². The van der Waals surface area contributed by atoms with Gasteiger partial charge in [-0.1, -0.05) is 6.07 Å². The van der Waals surface area contributed by atoms with Crippen LogP contribution in [0.1, 0.15) is 18.7 Å². The zero-order valence-electron chi connectivity index (χ0n) is 8.71. The Kier molecular flexibility index (Phi) is 2.90. The van der Waals surface area contributed by atoms with Gasteiger partial charge in [0.15, 0.2) is 0 Å². The molecule has 16 heavy (non-hydrogen) atoms. The molecule has 1 unspecified atom stereocenters. The smallest absolute Gasteiger partial charge is 0.149 e. The summed E-state index contributed by atoms with van der Waals surface area (Å²) in [5.41, 5.74) is -0.133. The van der Waals surface area contributed by atoms with E-state index in [1.807, 2.05) is 0 Å². The van der Waals surface area contributed by atoms with E-state index < -0.39 is 11.6 Å². The van der Waals surface area contributed by atoms with Crippen molar-refractivity contribution in [3.63, 3.8) is 0 Å².